The van der Waals surface area contributed by atoms with Crippen molar-refractivity contribution in [2.75, 3.05) is 5.32 Å². The van der Waals surface area contributed by atoms with Gasteiger partial charge in [0.1, 0.15) is 17.0 Å². The van der Waals surface area contributed by atoms with Crippen LogP contribution < -0.4 is 16.4 Å². The average Bonchev–Trinajstić information content (AvgIpc) is 2.75. The van der Waals surface area contributed by atoms with Crippen molar-refractivity contribution >= 4 is 34.6 Å². The van der Waals surface area contributed by atoms with Crippen LogP contribution in [0.1, 0.15) is 53.5 Å². The smallest absolute Gasteiger partial charge is 0.412 e. The molecule has 0 fully saturated rings. The van der Waals surface area contributed by atoms with E-state index >= 15 is 0 Å². The van der Waals surface area contributed by atoms with Gasteiger partial charge in [-0.15, -0.1) is 0 Å². The van der Waals surface area contributed by atoms with E-state index in [4.69, 9.17) is 15.5 Å². The van der Waals surface area contributed by atoms with Gasteiger partial charge in [0.05, 0.1) is 5.69 Å². The summed E-state index contributed by atoms with van der Waals surface area (Å²) in [4.78, 5) is 17.2. The molecule has 6 nitrogen and oxygen atoms in total. The molecule has 2 aromatic carbocycles. The predicted molar refractivity (Wildman–Crippen MR) is 138 cm³/mol. The Kier molecular flexibility index (Phi) is 9.00. The van der Waals surface area contributed by atoms with Crippen LogP contribution in [0, 0.1) is 6.92 Å². The molecule has 0 heterocycles. The van der Waals surface area contributed by atoms with E-state index in [1.54, 1.807) is 0 Å². The molecule has 0 bridgehead atoms. The molecule has 0 radical (unpaired) electrons. The highest BCUT2D eigenvalue weighted by atomic mass is 16.6. The number of allylic oxidation sites excluding steroid dienone is 3. The summed E-state index contributed by atoms with van der Waals surface area (Å²) >= 11 is 0. The van der Waals surface area contributed by atoms with E-state index in [1.807, 2.05) is 103 Å². The number of aliphatic imine (C=N–C) groups is 1. The third kappa shape index (κ3) is 7.91. The Morgan fingerprint density at radius 2 is 1.79 bits per heavy atom. The van der Waals surface area contributed by atoms with Gasteiger partial charge in [0.25, 0.3) is 0 Å². The van der Waals surface area contributed by atoms with Crippen LogP contribution in [0.3, 0.4) is 0 Å². The van der Waals surface area contributed by atoms with Gasteiger partial charge in [0, 0.05) is 23.9 Å². The van der Waals surface area contributed by atoms with Gasteiger partial charge in [-0.25, -0.2) is 9.79 Å². The van der Waals surface area contributed by atoms with Crippen LogP contribution in [-0.4, -0.2) is 17.4 Å². The minimum atomic E-state index is -0.566. The van der Waals surface area contributed by atoms with Crippen molar-refractivity contribution in [3.8, 4) is 0 Å². The molecule has 0 atom stereocenters. The number of anilines is 1. The molecule has 6 heteroatoms. The summed E-state index contributed by atoms with van der Waals surface area (Å²) in [6, 6.07) is 14.0. The molecule has 1 aliphatic carbocycles. The number of nitrogens with one attached hydrogen (secondary N) is 1. The first-order chi connectivity index (χ1) is 15.6. The zero-order chi connectivity index (χ0) is 24.6. The third-order valence-corrected chi connectivity index (χ3v) is 4.76. The molecule has 1 amide bonds. The van der Waals surface area contributed by atoms with Crippen LogP contribution in [0.5, 0.6) is 0 Å². The quantitative estimate of drug-likeness (QED) is 0.488. The number of benzene rings is 2. The number of rotatable bonds is 4. The number of quaternary nitrogens is 1. The van der Waals surface area contributed by atoms with Gasteiger partial charge >= 0.3 is 6.09 Å². The number of aryl methyl sites for hydroxylation is 1. The Labute approximate surface area is 197 Å². The molecule has 0 aromatic heterocycles. The van der Waals surface area contributed by atoms with Crippen LogP contribution in [0.4, 0.5) is 27.5 Å². The Morgan fingerprint density at radius 1 is 1.12 bits per heavy atom. The van der Waals surface area contributed by atoms with E-state index in [9.17, 15) is 4.79 Å². The number of nitrogens with two attached hydrogens (primary N) is 2. The maximum absolute atomic E-state index is 12.3. The van der Waals surface area contributed by atoms with E-state index in [0.717, 1.165) is 39.6 Å². The fraction of sp³-hybridized carbons (Fsp3) is 0.333. The first kappa shape index (κ1) is 25.9. The number of carbonyl (C=O) groups excluding carboxylic acids is 1. The van der Waals surface area contributed by atoms with Crippen LogP contribution >= 0.6 is 0 Å². The van der Waals surface area contributed by atoms with Crippen LogP contribution in [0.15, 0.2) is 70.9 Å². The zero-order valence-electron chi connectivity index (χ0n) is 20.8. The van der Waals surface area contributed by atoms with Crippen LogP contribution in [0.2, 0.25) is 0 Å². The number of hydrogen-bond donors (Lipinski definition) is 3. The molecule has 0 saturated carbocycles. The number of carbonyl (C=O) groups is 1. The summed E-state index contributed by atoms with van der Waals surface area (Å²) in [6.45, 7) is 13.5. The average molecular weight is 450 g/mol. The maximum atomic E-state index is 12.3. The molecule has 3 rings (SSSR count). The Morgan fingerprint density at radius 3 is 2.39 bits per heavy atom. The monoisotopic (exact) mass is 449 g/mol. The summed E-state index contributed by atoms with van der Waals surface area (Å²) < 4.78 is 5.41. The second kappa shape index (κ2) is 11.5. The molecule has 0 spiro atoms. The van der Waals surface area contributed by atoms with Crippen molar-refractivity contribution in [3.05, 3.63) is 71.5 Å². The van der Waals surface area contributed by atoms with Crippen molar-refractivity contribution in [2.45, 2.75) is 60.5 Å². The summed E-state index contributed by atoms with van der Waals surface area (Å²) in [5.41, 5.74) is 12.6. The summed E-state index contributed by atoms with van der Waals surface area (Å²) in [5, 5.41) is 4.93. The SMILES string of the molecule is CC.CC1=CC(=Nc2cc(C)c(NC(=O)OC(C)(C)C)cc2[NH2+]c2ccccc2)CC=C1N. The van der Waals surface area contributed by atoms with Crippen LogP contribution in [0.25, 0.3) is 0 Å². The first-order valence-electron chi connectivity index (χ1n) is 11.4. The fourth-order valence-corrected chi connectivity index (χ4v) is 3.20. The number of amides is 1. The fourth-order valence-electron chi connectivity index (χ4n) is 3.20. The van der Waals surface area contributed by atoms with Crippen molar-refractivity contribution in [1.82, 2.24) is 0 Å². The Balaban J connectivity index is 0.00000187. The molecule has 2 aromatic rings. The molecule has 5 N–H and O–H groups in total. The maximum Gasteiger partial charge on any atom is 0.412 e. The van der Waals surface area contributed by atoms with Gasteiger partial charge in [0.15, 0.2) is 5.69 Å². The van der Waals surface area contributed by atoms with Crippen molar-refractivity contribution in [2.24, 2.45) is 10.7 Å². The lowest BCUT2D eigenvalue weighted by molar-refractivity contribution is -0.477. The second-order valence-electron chi connectivity index (χ2n) is 8.70. The van der Waals surface area contributed by atoms with Gasteiger partial charge in [-0.05, 0) is 70.0 Å². The molecule has 0 saturated heterocycles. The highest BCUT2D eigenvalue weighted by Crippen LogP contribution is 2.31. The summed E-state index contributed by atoms with van der Waals surface area (Å²) in [6.07, 6.45) is 4.21. The number of hydrogen-bond acceptors (Lipinski definition) is 4. The highest BCUT2D eigenvalue weighted by Gasteiger charge is 2.19. The van der Waals surface area contributed by atoms with E-state index in [1.165, 1.54) is 0 Å². The van der Waals surface area contributed by atoms with Crippen molar-refractivity contribution in [3.63, 3.8) is 0 Å². The van der Waals surface area contributed by atoms with Crippen molar-refractivity contribution in [1.29, 1.82) is 0 Å². The lowest BCUT2D eigenvalue weighted by Crippen LogP contribution is -2.71. The lowest BCUT2D eigenvalue weighted by Gasteiger charge is -2.20. The summed E-state index contributed by atoms with van der Waals surface area (Å²) in [7, 11) is 0. The Bertz CT molecular complexity index is 1060. The number of nitrogens with zero attached hydrogens (tertiary/aromatic N) is 1. The third-order valence-electron chi connectivity index (χ3n) is 4.76. The summed E-state index contributed by atoms with van der Waals surface area (Å²) in [5.74, 6) is 0. The van der Waals surface area contributed by atoms with Gasteiger partial charge < -0.3 is 10.5 Å². The van der Waals surface area contributed by atoms with Crippen molar-refractivity contribution < 1.29 is 14.8 Å². The number of para-hydroxylation sites is 1. The normalized spacial score (nSPS) is 14.6. The topological polar surface area (TPSA) is 93.3 Å². The molecule has 33 heavy (non-hydrogen) atoms. The van der Waals surface area contributed by atoms with E-state index < -0.39 is 11.7 Å². The largest absolute Gasteiger partial charge is 0.444 e. The van der Waals surface area contributed by atoms with E-state index in [-0.39, 0.29) is 0 Å². The second-order valence-corrected chi connectivity index (χ2v) is 8.70. The minimum Gasteiger partial charge on any atom is -0.444 e. The molecule has 0 unspecified atom stereocenters. The minimum absolute atomic E-state index is 0.480. The molecule has 0 aliphatic heterocycles. The number of ether oxygens (including phenoxy) is 1. The van der Waals surface area contributed by atoms with Gasteiger partial charge in [-0.1, -0.05) is 38.1 Å². The van der Waals surface area contributed by atoms with Crippen LogP contribution in [-0.2, 0) is 4.74 Å². The van der Waals surface area contributed by atoms with Gasteiger partial charge in [-0.2, -0.15) is 0 Å². The predicted octanol–water partition coefficient (Wildman–Crippen LogP) is 6.16. The molecule has 1 aliphatic rings. The molecular formula is C27H37N4O2+. The van der Waals surface area contributed by atoms with E-state index in [0.29, 0.717) is 12.1 Å². The molecular weight excluding hydrogens is 412 g/mol. The first-order valence-corrected chi connectivity index (χ1v) is 11.4. The molecule has 176 valence electrons. The Hall–Kier alpha value is -3.38. The lowest BCUT2D eigenvalue weighted by atomic mass is 10.0. The van der Waals surface area contributed by atoms with E-state index in [2.05, 4.69) is 10.6 Å². The van der Waals surface area contributed by atoms with Gasteiger partial charge in [0.2, 0.25) is 0 Å². The highest BCUT2D eigenvalue weighted by molar-refractivity contribution is 6.00. The zero-order valence-corrected chi connectivity index (χ0v) is 20.8. The standard InChI is InChI=1S/C25H30N4O2.C2H6/c1-16-13-19(11-12-20(16)26)28-22-14-17(2)21(29-24(30)31-25(3,4)5)15-23(22)27-18-9-7-6-8-10-18;1-2/h6-10,12-15,27H,11,26H2,1-5H3,(H,29,30);1-2H3/p+1. The van der Waals surface area contributed by atoms with Gasteiger partial charge in [-0.3, -0.25) is 10.6 Å².